The Balaban J connectivity index is 1.45. The molecule has 7 heteroatoms. The molecule has 6 rings (SSSR count). The number of imidazole rings is 1. The molecule has 0 radical (unpaired) electrons. The summed E-state index contributed by atoms with van der Waals surface area (Å²) in [7, 11) is 0. The van der Waals surface area contributed by atoms with E-state index < -0.39 is 0 Å². The van der Waals surface area contributed by atoms with Crippen molar-refractivity contribution in [1.82, 2.24) is 19.1 Å². The van der Waals surface area contributed by atoms with Crippen LogP contribution in [0.1, 0.15) is 49.6 Å². The maximum Gasteiger partial charge on any atom is 0.277 e. The van der Waals surface area contributed by atoms with Crippen LogP contribution in [0.4, 0.5) is 5.95 Å². The van der Waals surface area contributed by atoms with Crippen LogP contribution in [-0.2, 0) is 25.9 Å². The van der Waals surface area contributed by atoms with Gasteiger partial charge in [0.15, 0.2) is 0 Å². The normalized spacial score (nSPS) is 18.5. The summed E-state index contributed by atoms with van der Waals surface area (Å²) >= 11 is 0. The molecular formula is C27H32N6O. The van der Waals surface area contributed by atoms with Crippen molar-refractivity contribution in [3.63, 3.8) is 0 Å². The van der Waals surface area contributed by atoms with Gasteiger partial charge in [-0.3, -0.25) is 9.78 Å². The van der Waals surface area contributed by atoms with E-state index in [1.807, 2.05) is 12.3 Å². The van der Waals surface area contributed by atoms with Gasteiger partial charge in [-0.25, -0.2) is 4.98 Å². The first kappa shape index (κ1) is 21.4. The van der Waals surface area contributed by atoms with E-state index in [9.17, 15) is 4.79 Å². The third kappa shape index (κ3) is 3.50. The third-order valence-corrected chi connectivity index (χ3v) is 7.50. The summed E-state index contributed by atoms with van der Waals surface area (Å²) in [5, 5.41) is 2.45. The molecule has 3 aromatic heterocycles. The van der Waals surface area contributed by atoms with Crippen molar-refractivity contribution in [2.24, 2.45) is 5.73 Å². The van der Waals surface area contributed by atoms with Crippen LogP contribution in [0.5, 0.6) is 0 Å². The number of hydrogen-bond donors (Lipinski definition) is 1. The molecule has 1 saturated heterocycles. The van der Waals surface area contributed by atoms with Gasteiger partial charge >= 0.3 is 0 Å². The lowest BCUT2D eigenvalue weighted by molar-refractivity contribution is 0.494. The lowest BCUT2D eigenvalue weighted by atomic mass is 9.91. The average Bonchev–Trinajstić information content (AvgIpc) is 3.25. The Morgan fingerprint density at radius 2 is 1.88 bits per heavy atom. The third-order valence-electron chi connectivity index (χ3n) is 7.50. The van der Waals surface area contributed by atoms with Gasteiger partial charge in [-0.15, -0.1) is 0 Å². The molecule has 1 unspecified atom stereocenters. The fourth-order valence-electron chi connectivity index (χ4n) is 5.83. The number of nitrogens with zero attached hydrogens (tertiary/aromatic N) is 5. The second-order valence-corrected chi connectivity index (χ2v) is 9.72. The number of fused-ring (bicyclic) bond motifs is 4. The van der Waals surface area contributed by atoms with E-state index in [0.717, 1.165) is 61.3 Å². The highest BCUT2D eigenvalue weighted by Crippen LogP contribution is 2.30. The smallest absolute Gasteiger partial charge is 0.277 e. The van der Waals surface area contributed by atoms with E-state index in [-0.39, 0.29) is 11.6 Å². The Hall–Kier alpha value is -3.19. The van der Waals surface area contributed by atoms with Gasteiger partial charge < -0.3 is 19.8 Å². The van der Waals surface area contributed by atoms with Gasteiger partial charge in [0, 0.05) is 43.0 Å². The zero-order valence-electron chi connectivity index (χ0n) is 19.8. The first-order valence-corrected chi connectivity index (χ1v) is 12.6. The highest BCUT2D eigenvalue weighted by Gasteiger charge is 2.24. The average molecular weight is 457 g/mol. The molecule has 7 nitrogen and oxygen atoms in total. The van der Waals surface area contributed by atoms with Crippen LogP contribution < -0.4 is 16.2 Å². The zero-order chi connectivity index (χ0) is 23.2. The van der Waals surface area contributed by atoms with Crippen molar-refractivity contribution in [2.75, 3.05) is 18.0 Å². The highest BCUT2D eigenvalue weighted by molar-refractivity contribution is 5.88. The molecule has 0 amide bonds. The van der Waals surface area contributed by atoms with Crippen LogP contribution in [0.25, 0.3) is 21.8 Å². The van der Waals surface area contributed by atoms with E-state index in [1.165, 1.54) is 29.5 Å². The van der Waals surface area contributed by atoms with E-state index in [2.05, 4.69) is 40.7 Å². The molecule has 1 atom stereocenters. The van der Waals surface area contributed by atoms with Crippen molar-refractivity contribution in [1.29, 1.82) is 0 Å². The molecule has 4 heterocycles. The Morgan fingerprint density at radius 1 is 1.06 bits per heavy atom. The van der Waals surface area contributed by atoms with Crippen molar-refractivity contribution in [2.45, 2.75) is 64.6 Å². The molecule has 2 N–H and O–H groups in total. The van der Waals surface area contributed by atoms with Gasteiger partial charge in [0.1, 0.15) is 5.52 Å². The first-order chi connectivity index (χ1) is 16.6. The summed E-state index contributed by atoms with van der Waals surface area (Å²) in [6.45, 7) is 4.93. The van der Waals surface area contributed by atoms with Crippen molar-refractivity contribution < 1.29 is 0 Å². The molecule has 34 heavy (non-hydrogen) atoms. The SMILES string of the molecule is CCn1c(N2CCCC(N)C2)nc2ccn(Cc3nc4c(c5ccccc35)CCCC4)c(=O)c21. The molecule has 1 aliphatic carbocycles. The van der Waals surface area contributed by atoms with E-state index in [4.69, 9.17) is 15.7 Å². The number of nitrogens with two attached hydrogens (primary N) is 1. The Labute approximate surface area is 199 Å². The predicted octanol–water partition coefficient (Wildman–Crippen LogP) is 3.62. The first-order valence-electron chi connectivity index (χ1n) is 12.6. The second-order valence-electron chi connectivity index (χ2n) is 9.72. The molecule has 0 bridgehead atoms. The number of rotatable bonds is 4. The van der Waals surface area contributed by atoms with Crippen LogP contribution in [-0.4, -0.2) is 38.2 Å². The zero-order valence-corrected chi connectivity index (χ0v) is 19.8. The minimum absolute atomic E-state index is 0.0111. The van der Waals surface area contributed by atoms with E-state index >= 15 is 0 Å². The number of aromatic nitrogens is 4. The largest absolute Gasteiger partial charge is 0.341 e. The number of pyridine rings is 2. The summed E-state index contributed by atoms with van der Waals surface area (Å²) in [5.41, 5.74) is 11.2. The summed E-state index contributed by atoms with van der Waals surface area (Å²) in [6, 6.07) is 10.6. The Kier molecular flexibility index (Phi) is 5.37. The maximum absolute atomic E-state index is 13.7. The molecule has 1 aliphatic heterocycles. The van der Waals surface area contributed by atoms with Crippen molar-refractivity contribution >= 4 is 27.8 Å². The van der Waals surface area contributed by atoms with Gasteiger partial charge in [-0.2, -0.15) is 0 Å². The number of aryl methyl sites for hydroxylation is 3. The standard InChI is InChI=1S/C27H32N6O/c1-2-33-25-23(30-27(33)32-14-7-8-18(28)16-32)13-15-31(26(25)34)17-24-21-11-4-3-9-19(21)20-10-5-6-12-22(20)29-24/h3-4,9,11,13,15,18H,2,5-8,10,12,14,16-17,28H2,1H3. The topological polar surface area (TPSA) is 82.0 Å². The Bertz CT molecular complexity index is 1430. The molecule has 1 aromatic carbocycles. The van der Waals surface area contributed by atoms with Crippen LogP contribution in [0.15, 0.2) is 41.3 Å². The van der Waals surface area contributed by atoms with Crippen LogP contribution in [0.2, 0.25) is 0 Å². The molecule has 0 saturated carbocycles. The predicted molar refractivity (Wildman–Crippen MR) is 137 cm³/mol. The second kappa shape index (κ2) is 8.55. The van der Waals surface area contributed by atoms with Crippen LogP contribution in [0.3, 0.4) is 0 Å². The Morgan fingerprint density at radius 3 is 2.71 bits per heavy atom. The van der Waals surface area contributed by atoms with Gasteiger partial charge in [0.25, 0.3) is 5.56 Å². The molecule has 176 valence electrons. The number of anilines is 1. The summed E-state index contributed by atoms with van der Waals surface area (Å²) in [6.07, 6.45) is 8.48. The van der Waals surface area contributed by atoms with Gasteiger partial charge in [0.05, 0.1) is 17.8 Å². The number of benzene rings is 1. The van der Waals surface area contributed by atoms with Crippen LogP contribution >= 0.6 is 0 Å². The van der Waals surface area contributed by atoms with Gasteiger partial charge in [-0.1, -0.05) is 24.3 Å². The molecular weight excluding hydrogens is 424 g/mol. The highest BCUT2D eigenvalue weighted by atomic mass is 16.1. The summed E-state index contributed by atoms with van der Waals surface area (Å²) < 4.78 is 3.86. The molecule has 2 aliphatic rings. The van der Waals surface area contributed by atoms with Gasteiger partial charge in [-0.05, 0) is 62.5 Å². The van der Waals surface area contributed by atoms with E-state index in [1.54, 1.807) is 4.57 Å². The molecule has 0 spiro atoms. The van der Waals surface area contributed by atoms with E-state index in [0.29, 0.717) is 18.6 Å². The quantitative estimate of drug-likeness (QED) is 0.507. The van der Waals surface area contributed by atoms with Crippen molar-refractivity contribution in [3.05, 3.63) is 63.8 Å². The minimum Gasteiger partial charge on any atom is -0.341 e. The fourth-order valence-corrected chi connectivity index (χ4v) is 5.83. The lowest BCUT2D eigenvalue weighted by Crippen LogP contribution is -2.44. The van der Waals surface area contributed by atoms with Gasteiger partial charge in [0.2, 0.25) is 5.95 Å². The lowest BCUT2D eigenvalue weighted by Gasteiger charge is -2.31. The molecule has 4 aromatic rings. The maximum atomic E-state index is 13.7. The molecule has 1 fully saturated rings. The van der Waals surface area contributed by atoms with Crippen molar-refractivity contribution in [3.8, 4) is 0 Å². The monoisotopic (exact) mass is 456 g/mol. The fraction of sp³-hybridized carbons (Fsp3) is 0.444. The summed E-state index contributed by atoms with van der Waals surface area (Å²) in [5.74, 6) is 0.861. The number of piperidine rings is 1. The summed E-state index contributed by atoms with van der Waals surface area (Å²) in [4.78, 5) is 25.9. The van der Waals surface area contributed by atoms with Crippen LogP contribution in [0, 0.1) is 0 Å². The minimum atomic E-state index is -0.0111. The number of hydrogen-bond acceptors (Lipinski definition) is 5.